The number of methoxy groups -OCH3 is 1. The average Bonchev–Trinajstić information content (AvgIpc) is 2.11. The molecule has 3 nitrogen and oxygen atoms in total. The van der Waals surface area contributed by atoms with E-state index in [0.29, 0.717) is 11.8 Å². The maximum absolute atomic E-state index is 6.14. The molecule has 0 aromatic carbocycles. The SMILES string of the molecule is COCCN(CC(C)C)CC(N)CC(C)C. The van der Waals surface area contributed by atoms with Gasteiger partial charge in [0.05, 0.1) is 6.61 Å². The van der Waals surface area contributed by atoms with Gasteiger partial charge in [0.25, 0.3) is 0 Å². The van der Waals surface area contributed by atoms with Gasteiger partial charge in [0.1, 0.15) is 0 Å². The minimum atomic E-state index is 0.288. The predicted molar refractivity (Wildman–Crippen MR) is 70.6 cm³/mol. The second kappa shape index (κ2) is 8.97. The fourth-order valence-electron chi connectivity index (χ4n) is 2.01. The molecule has 0 bridgehead atoms. The van der Waals surface area contributed by atoms with E-state index in [2.05, 4.69) is 32.6 Å². The molecular weight excluding hydrogens is 200 g/mol. The van der Waals surface area contributed by atoms with E-state index in [0.717, 1.165) is 32.7 Å². The monoisotopic (exact) mass is 230 g/mol. The number of rotatable bonds is 9. The molecule has 0 amide bonds. The van der Waals surface area contributed by atoms with Gasteiger partial charge in [-0.25, -0.2) is 0 Å². The van der Waals surface area contributed by atoms with Crippen LogP contribution >= 0.6 is 0 Å². The minimum absolute atomic E-state index is 0.288. The first-order valence-electron chi connectivity index (χ1n) is 6.42. The second-order valence-corrected chi connectivity index (χ2v) is 5.54. The molecule has 2 N–H and O–H groups in total. The molecular formula is C13H30N2O. The first kappa shape index (κ1) is 15.9. The quantitative estimate of drug-likeness (QED) is 0.658. The molecule has 0 fully saturated rings. The number of hydrogen-bond acceptors (Lipinski definition) is 3. The third-order valence-corrected chi connectivity index (χ3v) is 2.50. The molecule has 0 aromatic rings. The summed E-state index contributed by atoms with van der Waals surface area (Å²) >= 11 is 0. The third kappa shape index (κ3) is 9.13. The Balaban J connectivity index is 3.97. The fraction of sp³-hybridized carbons (Fsp3) is 1.00. The molecule has 1 atom stereocenters. The van der Waals surface area contributed by atoms with Gasteiger partial charge in [0, 0.05) is 32.8 Å². The van der Waals surface area contributed by atoms with Crippen molar-refractivity contribution in [2.24, 2.45) is 17.6 Å². The number of nitrogens with zero attached hydrogens (tertiary/aromatic N) is 1. The van der Waals surface area contributed by atoms with Crippen molar-refractivity contribution in [1.29, 1.82) is 0 Å². The van der Waals surface area contributed by atoms with E-state index >= 15 is 0 Å². The molecule has 0 heterocycles. The largest absolute Gasteiger partial charge is 0.383 e. The van der Waals surface area contributed by atoms with E-state index in [1.54, 1.807) is 7.11 Å². The van der Waals surface area contributed by atoms with Crippen molar-refractivity contribution in [3.05, 3.63) is 0 Å². The Hall–Kier alpha value is -0.120. The normalized spacial score (nSPS) is 14.1. The van der Waals surface area contributed by atoms with Crippen molar-refractivity contribution in [3.63, 3.8) is 0 Å². The molecule has 0 spiro atoms. The second-order valence-electron chi connectivity index (χ2n) is 5.54. The lowest BCUT2D eigenvalue weighted by Gasteiger charge is -2.27. The summed E-state index contributed by atoms with van der Waals surface area (Å²) in [5, 5.41) is 0. The zero-order valence-electron chi connectivity index (χ0n) is 11.7. The van der Waals surface area contributed by atoms with Crippen LogP contribution in [0.3, 0.4) is 0 Å². The highest BCUT2D eigenvalue weighted by Crippen LogP contribution is 2.06. The topological polar surface area (TPSA) is 38.5 Å². The summed E-state index contributed by atoms with van der Waals surface area (Å²) in [6.07, 6.45) is 1.10. The van der Waals surface area contributed by atoms with Crippen LogP contribution in [0.2, 0.25) is 0 Å². The van der Waals surface area contributed by atoms with E-state index < -0.39 is 0 Å². The minimum Gasteiger partial charge on any atom is -0.383 e. The van der Waals surface area contributed by atoms with Gasteiger partial charge in [-0.15, -0.1) is 0 Å². The zero-order valence-corrected chi connectivity index (χ0v) is 11.7. The lowest BCUT2D eigenvalue weighted by atomic mass is 10.0. The van der Waals surface area contributed by atoms with Crippen molar-refractivity contribution >= 4 is 0 Å². The molecule has 1 unspecified atom stereocenters. The molecule has 0 aliphatic heterocycles. The number of ether oxygens (including phenoxy) is 1. The molecule has 0 radical (unpaired) electrons. The van der Waals surface area contributed by atoms with Crippen LogP contribution in [0.4, 0.5) is 0 Å². The molecule has 0 aromatic heterocycles. The van der Waals surface area contributed by atoms with E-state index in [1.807, 2.05) is 0 Å². The Morgan fingerprint density at radius 3 is 2.12 bits per heavy atom. The van der Waals surface area contributed by atoms with Crippen molar-refractivity contribution in [1.82, 2.24) is 4.90 Å². The highest BCUT2D eigenvalue weighted by atomic mass is 16.5. The predicted octanol–water partition coefficient (Wildman–Crippen LogP) is 1.96. The Labute approximate surface area is 101 Å². The van der Waals surface area contributed by atoms with Gasteiger partial charge in [0.2, 0.25) is 0 Å². The van der Waals surface area contributed by atoms with Gasteiger partial charge in [0.15, 0.2) is 0 Å². The van der Waals surface area contributed by atoms with Crippen LogP contribution < -0.4 is 5.73 Å². The first-order valence-corrected chi connectivity index (χ1v) is 6.42. The highest BCUT2D eigenvalue weighted by molar-refractivity contribution is 4.70. The Bertz CT molecular complexity index is 160. The molecule has 16 heavy (non-hydrogen) atoms. The number of nitrogens with two attached hydrogens (primary N) is 1. The van der Waals surface area contributed by atoms with Gasteiger partial charge in [-0.2, -0.15) is 0 Å². The van der Waals surface area contributed by atoms with Gasteiger partial charge in [-0.1, -0.05) is 27.7 Å². The molecule has 0 saturated heterocycles. The van der Waals surface area contributed by atoms with E-state index in [-0.39, 0.29) is 6.04 Å². The Morgan fingerprint density at radius 2 is 1.69 bits per heavy atom. The Kier molecular flexibility index (Phi) is 8.90. The van der Waals surface area contributed by atoms with Crippen LogP contribution in [0.15, 0.2) is 0 Å². The maximum atomic E-state index is 6.14. The van der Waals surface area contributed by atoms with Crippen molar-refractivity contribution in [2.75, 3.05) is 33.4 Å². The van der Waals surface area contributed by atoms with Crippen molar-refractivity contribution < 1.29 is 4.74 Å². The molecule has 98 valence electrons. The van der Waals surface area contributed by atoms with Crippen molar-refractivity contribution in [3.8, 4) is 0 Å². The van der Waals surface area contributed by atoms with Crippen LogP contribution in [-0.4, -0.2) is 44.3 Å². The van der Waals surface area contributed by atoms with E-state index in [9.17, 15) is 0 Å². The van der Waals surface area contributed by atoms with Crippen LogP contribution in [0, 0.1) is 11.8 Å². The molecule has 0 aliphatic carbocycles. The van der Waals surface area contributed by atoms with Gasteiger partial charge >= 0.3 is 0 Å². The maximum Gasteiger partial charge on any atom is 0.0589 e. The van der Waals surface area contributed by atoms with Crippen LogP contribution in [0.5, 0.6) is 0 Å². The van der Waals surface area contributed by atoms with E-state index in [1.165, 1.54) is 0 Å². The molecule has 3 heteroatoms. The highest BCUT2D eigenvalue weighted by Gasteiger charge is 2.12. The summed E-state index contributed by atoms with van der Waals surface area (Å²) in [6.45, 7) is 12.8. The molecule has 0 rings (SSSR count). The fourth-order valence-corrected chi connectivity index (χ4v) is 2.01. The van der Waals surface area contributed by atoms with Gasteiger partial charge < -0.3 is 10.5 Å². The smallest absolute Gasteiger partial charge is 0.0589 e. The van der Waals surface area contributed by atoms with Crippen molar-refractivity contribution in [2.45, 2.75) is 40.2 Å². The summed E-state index contributed by atoms with van der Waals surface area (Å²) in [5.74, 6) is 1.36. The van der Waals surface area contributed by atoms with Crippen LogP contribution in [-0.2, 0) is 4.74 Å². The summed E-state index contributed by atoms with van der Waals surface area (Å²) in [5.41, 5.74) is 6.14. The lowest BCUT2D eigenvalue weighted by molar-refractivity contribution is 0.134. The summed E-state index contributed by atoms with van der Waals surface area (Å²) < 4.78 is 5.13. The first-order chi connectivity index (χ1) is 7.45. The van der Waals surface area contributed by atoms with Crippen LogP contribution in [0.1, 0.15) is 34.1 Å². The van der Waals surface area contributed by atoms with E-state index in [4.69, 9.17) is 10.5 Å². The summed E-state index contributed by atoms with van der Waals surface area (Å²) in [6, 6.07) is 0.288. The molecule has 0 saturated carbocycles. The van der Waals surface area contributed by atoms with Crippen LogP contribution in [0.25, 0.3) is 0 Å². The van der Waals surface area contributed by atoms with Gasteiger partial charge in [-0.05, 0) is 18.3 Å². The standard InChI is InChI=1S/C13H30N2O/c1-11(2)8-13(14)10-15(6-7-16-5)9-12(3)4/h11-13H,6-10,14H2,1-5H3. The zero-order chi connectivity index (χ0) is 12.6. The summed E-state index contributed by atoms with van der Waals surface area (Å²) in [7, 11) is 1.75. The molecule has 0 aliphatic rings. The Morgan fingerprint density at radius 1 is 1.06 bits per heavy atom. The lowest BCUT2D eigenvalue weighted by Crippen LogP contribution is -2.41. The third-order valence-electron chi connectivity index (χ3n) is 2.50. The average molecular weight is 230 g/mol. The summed E-state index contributed by atoms with van der Waals surface area (Å²) in [4.78, 5) is 2.42. The van der Waals surface area contributed by atoms with Gasteiger partial charge in [-0.3, -0.25) is 4.90 Å². The number of hydrogen-bond donors (Lipinski definition) is 1.